The van der Waals surface area contributed by atoms with Crippen molar-refractivity contribution in [1.82, 2.24) is 0 Å². The van der Waals surface area contributed by atoms with E-state index < -0.39 is 0 Å². The molecule has 0 atom stereocenters. The predicted molar refractivity (Wildman–Crippen MR) is 26.9 cm³/mol. The van der Waals surface area contributed by atoms with Crippen LogP contribution in [-0.4, -0.2) is 0 Å². The summed E-state index contributed by atoms with van der Waals surface area (Å²) in [6, 6.07) is 3.69. The molecule has 2 heteroatoms. The second kappa shape index (κ2) is 4.28. The zero-order valence-electron chi connectivity index (χ0n) is 4.85. The minimum Gasteiger partial charge on any atom is -0.596 e. The van der Waals surface area contributed by atoms with E-state index >= 15 is 0 Å². The number of hydrogen-bond donors (Lipinski definition) is 0. The third kappa shape index (κ3) is 2.10. The molecule has 1 aromatic rings. The van der Waals surface area contributed by atoms with Crippen LogP contribution in [0.1, 0.15) is 12.7 Å². The minimum atomic E-state index is 0. The molecule has 1 aromatic heterocycles. The van der Waals surface area contributed by atoms with Gasteiger partial charge in [-0.25, -0.2) is 0 Å². The van der Waals surface area contributed by atoms with Crippen LogP contribution in [0.3, 0.4) is 0 Å². The van der Waals surface area contributed by atoms with Crippen LogP contribution in [0.2, 0.25) is 0 Å². The molecule has 0 aliphatic rings. The Bertz CT molecular complexity index is 123. The van der Waals surface area contributed by atoms with Crippen LogP contribution in [0.25, 0.3) is 0 Å². The molecule has 41 valence electrons. The molecule has 1 radical (unpaired) electrons. The smallest absolute Gasteiger partial charge is 0 e. The Hall–Kier alpha value is 0.384. The summed E-state index contributed by atoms with van der Waals surface area (Å²) >= 11 is 0. The summed E-state index contributed by atoms with van der Waals surface area (Å²) in [4.78, 5) is 0. The van der Waals surface area contributed by atoms with Crippen LogP contribution in [0, 0.1) is 6.26 Å². The number of aryl methyl sites for hydroxylation is 1. The molecule has 0 amide bonds. The summed E-state index contributed by atoms with van der Waals surface area (Å²) in [5.41, 5.74) is 0. The molecule has 0 spiro atoms. The molecule has 0 aromatic carbocycles. The van der Waals surface area contributed by atoms with Gasteiger partial charge in [0.2, 0.25) is 0 Å². The Balaban J connectivity index is 0.000000490. The van der Waals surface area contributed by atoms with Crippen LogP contribution in [0.4, 0.5) is 0 Å². The summed E-state index contributed by atoms with van der Waals surface area (Å²) in [5.74, 6) is 1.00. The Labute approximate surface area is 74.3 Å². The van der Waals surface area contributed by atoms with Crippen molar-refractivity contribution in [3.63, 3.8) is 0 Å². The SMILES string of the molecule is CCc1cc[c-]o1.[Y]. The van der Waals surface area contributed by atoms with Crippen molar-refractivity contribution < 1.29 is 37.1 Å². The second-order valence-electron chi connectivity index (χ2n) is 1.37. The van der Waals surface area contributed by atoms with Crippen LogP contribution >= 0.6 is 0 Å². The van der Waals surface area contributed by atoms with Gasteiger partial charge in [-0.2, -0.15) is 6.07 Å². The van der Waals surface area contributed by atoms with Crippen molar-refractivity contribution in [2.24, 2.45) is 0 Å². The van der Waals surface area contributed by atoms with E-state index in [2.05, 4.69) is 6.26 Å². The summed E-state index contributed by atoms with van der Waals surface area (Å²) < 4.78 is 4.86. The maximum Gasteiger partial charge on any atom is 0 e. The third-order valence-electron chi connectivity index (χ3n) is 0.876. The largest absolute Gasteiger partial charge is 0.596 e. The molecule has 0 unspecified atom stereocenters. The molecule has 0 N–H and O–H groups in total. The first-order chi connectivity index (χ1) is 3.43. The average molecular weight is 184 g/mol. The number of rotatable bonds is 1. The van der Waals surface area contributed by atoms with Gasteiger partial charge < -0.3 is 4.42 Å². The molecule has 1 nitrogen and oxygen atoms in total. The second-order valence-corrected chi connectivity index (χ2v) is 1.37. The summed E-state index contributed by atoms with van der Waals surface area (Å²) in [6.45, 7) is 2.05. The first-order valence-electron chi connectivity index (χ1n) is 2.38. The van der Waals surface area contributed by atoms with Crippen molar-refractivity contribution in [2.45, 2.75) is 13.3 Å². The van der Waals surface area contributed by atoms with Crippen molar-refractivity contribution in [3.8, 4) is 0 Å². The van der Waals surface area contributed by atoms with Gasteiger partial charge in [-0.3, -0.25) is 0 Å². The fraction of sp³-hybridized carbons (Fsp3) is 0.333. The van der Waals surface area contributed by atoms with E-state index in [0.717, 1.165) is 12.2 Å². The molecule has 0 saturated heterocycles. The third-order valence-corrected chi connectivity index (χ3v) is 0.876. The fourth-order valence-electron chi connectivity index (χ4n) is 0.461. The first kappa shape index (κ1) is 8.38. The molecule has 1 rings (SSSR count). The van der Waals surface area contributed by atoms with Gasteiger partial charge in [0.05, 0.1) is 0 Å². The van der Waals surface area contributed by atoms with Crippen molar-refractivity contribution >= 4 is 0 Å². The van der Waals surface area contributed by atoms with E-state index in [-0.39, 0.29) is 32.7 Å². The Morgan fingerprint density at radius 2 is 2.50 bits per heavy atom. The summed E-state index contributed by atoms with van der Waals surface area (Å²) in [6.07, 6.45) is 3.57. The number of furan rings is 1. The van der Waals surface area contributed by atoms with Crippen molar-refractivity contribution in [1.29, 1.82) is 0 Å². The normalized spacial score (nSPS) is 8.12. The first-order valence-corrected chi connectivity index (χ1v) is 2.38. The van der Waals surface area contributed by atoms with Crippen LogP contribution in [-0.2, 0) is 39.1 Å². The molecule has 0 aliphatic heterocycles. The zero-order valence-corrected chi connectivity index (χ0v) is 7.69. The van der Waals surface area contributed by atoms with Crippen LogP contribution in [0.15, 0.2) is 16.5 Å². The van der Waals surface area contributed by atoms with Crippen LogP contribution < -0.4 is 0 Å². The number of hydrogen-bond acceptors (Lipinski definition) is 1. The average Bonchev–Trinajstić information content (AvgIpc) is 2.14. The fourth-order valence-corrected chi connectivity index (χ4v) is 0.461. The van der Waals surface area contributed by atoms with Gasteiger partial charge in [0.15, 0.2) is 0 Å². The zero-order chi connectivity index (χ0) is 5.11. The standard InChI is InChI=1S/C6H7O.Y/c1-2-6-4-3-5-7-6;/h3-4H,2H2,1H3;/q-1;. The molecule has 0 fully saturated rings. The van der Waals surface area contributed by atoms with E-state index in [9.17, 15) is 0 Å². The van der Waals surface area contributed by atoms with E-state index in [4.69, 9.17) is 4.42 Å². The quantitative estimate of drug-likeness (QED) is 0.604. The Kier molecular flexibility index (Phi) is 4.49. The predicted octanol–water partition coefficient (Wildman–Crippen LogP) is 1.64. The molecule has 0 bridgehead atoms. The van der Waals surface area contributed by atoms with Gasteiger partial charge >= 0.3 is 0 Å². The van der Waals surface area contributed by atoms with Crippen molar-refractivity contribution in [2.75, 3.05) is 0 Å². The maximum absolute atomic E-state index is 4.86. The summed E-state index contributed by atoms with van der Waals surface area (Å²) in [5, 5.41) is 0. The van der Waals surface area contributed by atoms with Gasteiger partial charge in [0.1, 0.15) is 0 Å². The van der Waals surface area contributed by atoms with Crippen molar-refractivity contribution in [3.05, 3.63) is 24.2 Å². The van der Waals surface area contributed by atoms with E-state index in [1.165, 1.54) is 0 Å². The monoisotopic (exact) mass is 184 g/mol. The van der Waals surface area contributed by atoms with E-state index in [1.54, 1.807) is 6.07 Å². The minimum absolute atomic E-state index is 0. The molecule has 1 heterocycles. The molecular formula is C6H7OY-. The maximum atomic E-state index is 4.86. The molecule has 0 saturated carbocycles. The van der Waals surface area contributed by atoms with E-state index in [0.29, 0.717) is 0 Å². The molecule has 0 aliphatic carbocycles. The topological polar surface area (TPSA) is 13.1 Å². The Morgan fingerprint density at radius 1 is 1.75 bits per heavy atom. The van der Waals surface area contributed by atoms with E-state index in [1.807, 2.05) is 13.0 Å². The summed E-state index contributed by atoms with van der Waals surface area (Å²) in [7, 11) is 0. The van der Waals surface area contributed by atoms with Crippen LogP contribution in [0.5, 0.6) is 0 Å². The Morgan fingerprint density at radius 3 is 2.75 bits per heavy atom. The van der Waals surface area contributed by atoms with Gasteiger partial charge in [-0.05, 0) is 6.26 Å². The van der Waals surface area contributed by atoms with Gasteiger partial charge in [0, 0.05) is 32.7 Å². The van der Waals surface area contributed by atoms with Gasteiger partial charge in [-0.1, -0.05) is 19.1 Å². The van der Waals surface area contributed by atoms with Gasteiger partial charge in [0.25, 0.3) is 0 Å². The molecule has 8 heavy (non-hydrogen) atoms. The molecular weight excluding hydrogens is 177 g/mol. The van der Waals surface area contributed by atoms with Gasteiger partial charge in [-0.15, -0.1) is 6.07 Å².